The normalized spacial score (nSPS) is 14.7. The van der Waals surface area contributed by atoms with Crippen molar-refractivity contribution >= 4 is 11.9 Å². The number of fused-ring (bicyclic) bond motifs is 1. The number of carbonyl (C=O) groups is 2. The summed E-state index contributed by atoms with van der Waals surface area (Å²) in [6.45, 7) is 0. The lowest BCUT2D eigenvalue weighted by atomic mass is 9.95. The molecule has 0 aliphatic heterocycles. The molecule has 0 radical (unpaired) electrons. The molecule has 9 heteroatoms. The van der Waals surface area contributed by atoms with Crippen LogP contribution in [0.2, 0.25) is 0 Å². The van der Waals surface area contributed by atoms with E-state index in [1.165, 1.54) is 22.9 Å². The number of halogens is 3. The van der Waals surface area contributed by atoms with Gasteiger partial charge < -0.3 is 10.4 Å². The van der Waals surface area contributed by atoms with Crippen LogP contribution >= 0.6 is 0 Å². The molecule has 1 atom stereocenters. The van der Waals surface area contributed by atoms with Gasteiger partial charge in [-0.05, 0) is 43.9 Å². The highest BCUT2D eigenvalue weighted by atomic mass is 19.3. The van der Waals surface area contributed by atoms with Crippen LogP contribution in [0, 0.1) is 5.82 Å². The second-order valence-corrected chi connectivity index (χ2v) is 6.36. The fourth-order valence-electron chi connectivity index (χ4n) is 3.23. The summed E-state index contributed by atoms with van der Waals surface area (Å²) in [6.07, 6.45) is -0.982. The Bertz CT molecular complexity index is 867. The topological polar surface area (TPSA) is 84.2 Å². The number of carbonyl (C=O) groups excluding carboxylic acids is 1. The van der Waals surface area contributed by atoms with E-state index >= 15 is 0 Å². The van der Waals surface area contributed by atoms with E-state index in [0.29, 0.717) is 24.1 Å². The van der Waals surface area contributed by atoms with Crippen molar-refractivity contribution in [2.24, 2.45) is 0 Å². The lowest BCUT2D eigenvalue weighted by Crippen LogP contribution is -2.42. The standard InChI is InChI=1S/C18H18F3N3O3/c19-10-4-3-5-11(8-10)24-14-7-2-1-6-12(14)16(23-24)17(25)22-13(18(26)27)9-15(20)21/h3-5,8,13,15H,1-2,6-7,9H2,(H,22,25)(H,26,27). The Balaban J connectivity index is 1.96. The molecule has 2 N–H and O–H groups in total. The first-order valence-electron chi connectivity index (χ1n) is 8.55. The molecule has 1 aromatic heterocycles. The van der Waals surface area contributed by atoms with Crippen LogP contribution in [0.15, 0.2) is 24.3 Å². The zero-order chi connectivity index (χ0) is 19.6. The van der Waals surface area contributed by atoms with Gasteiger partial charge in [-0.15, -0.1) is 0 Å². The van der Waals surface area contributed by atoms with Crippen LogP contribution in [0.1, 0.15) is 41.0 Å². The molecule has 1 heterocycles. The highest BCUT2D eigenvalue weighted by molar-refractivity contribution is 5.96. The molecule has 0 saturated heterocycles. The van der Waals surface area contributed by atoms with Crippen molar-refractivity contribution in [1.82, 2.24) is 15.1 Å². The van der Waals surface area contributed by atoms with Gasteiger partial charge in [0.2, 0.25) is 6.43 Å². The summed E-state index contributed by atoms with van der Waals surface area (Å²) in [5.41, 5.74) is 1.82. The third-order valence-corrected chi connectivity index (χ3v) is 4.47. The van der Waals surface area contributed by atoms with Crippen LogP contribution in [0.4, 0.5) is 13.2 Å². The minimum Gasteiger partial charge on any atom is -0.480 e. The number of aromatic nitrogens is 2. The van der Waals surface area contributed by atoms with Crippen LogP contribution in [-0.2, 0) is 17.6 Å². The number of carboxylic acid groups (broad SMARTS) is 1. The number of nitrogens with one attached hydrogen (secondary N) is 1. The molecule has 3 rings (SSSR count). The van der Waals surface area contributed by atoms with Crippen molar-refractivity contribution in [2.75, 3.05) is 0 Å². The third kappa shape index (κ3) is 4.12. The van der Waals surface area contributed by atoms with Crippen molar-refractivity contribution in [3.8, 4) is 5.69 Å². The minimum absolute atomic E-state index is 0.00511. The van der Waals surface area contributed by atoms with E-state index < -0.39 is 36.6 Å². The second-order valence-electron chi connectivity index (χ2n) is 6.36. The summed E-state index contributed by atoms with van der Waals surface area (Å²) in [5, 5.41) is 15.4. The van der Waals surface area contributed by atoms with Gasteiger partial charge in [-0.3, -0.25) is 4.79 Å². The molecule has 0 bridgehead atoms. The Labute approximate surface area is 153 Å². The van der Waals surface area contributed by atoms with Gasteiger partial charge in [0.25, 0.3) is 5.91 Å². The summed E-state index contributed by atoms with van der Waals surface area (Å²) in [4.78, 5) is 23.7. The zero-order valence-electron chi connectivity index (χ0n) is 14.3. The number of benzene rings is 1. The van der Waals surface area contributed by atoms with Crippen molar-refractivity contribution in [3.63, 3.8) is 0 Å². The predicted octanol–water partition coefficient (Wildman–Crippen LogP) is 2.73. The molecule has 1 aliphatic carbocycles. The first-order valence-corrected chi connectivity index (χ1v) is 8.55. The van der Waals surface area contributed by atoms with Crippen molar-refractivity contribution < 1.29 is 27.9 Å². The van der Waals surface area contributed by atoms with Crippen molar-refractivity contribution in [2.45, 2.75) is 44.6 Å². The van der Waals surface area contributed by atoms with Gasteiger partial charge in [0.05, 0.1) is 5.69 Å². The Morgan fingerprint density at radius 3 is 2.67 bits per heavy atom. The van der Waals surface area contributed by atoms with E-state index in [1.54, 1.807) is 6.07 Å². The summed E-state index contributed by atoms with van der Waals surface area (Å²) in [5.74, 6) is -2.82. The second kappa shape index (κ2) is 7.81. The van der Waals surface area contributed by atoms with Crippen molar-refractivity contribution in [3.05, 3.63) is 47.0 Å². The molecule has 2 aromatic rings. The highest BCUT2D eigenvalue weighted by Gasteiger charge is 2.30. The molecule has 0 fully saturated rings. The van der Waals surface area contributed by atoms with E-state index in [2.05, 4.69) is 10.4 Å². The maximum Gasteiger partial charge on any atom is 0.326 e. The number of nitrogens with zero attached hydrogens (tertiary/aromatic N) is 2. The Kier molecular flexibility index (Phi) is 5.48. The van der Waals surface area contributed by atoms with Gasteiger partial charge in [0, 0.05) is 17.7 Å². The zero-order valence-corrected chi connectivity index (χ0v) is 14.3. The lowest BCUT2D eigenvalue weighted by molar-refractivity contribution is -0.140. The van der Waals surface area contributed by atoms with Gasteiger partial charge in [-0.2, -0.15) is 5.10 Å². The van der Waals surface area contributed by atoms with Crippen LogP contribution in [0.5, 0.6) is 0 Å². The van der Waals surface area contributed by atoms with Crippen molar-refractivity contribution in [1.29, 1.82) is 0 Å². The molecule has 1 aromatic carbocycles. The van der Waals surface area contributed by atoms with Crippen LogP contribution < -0.4 is 5.32 Å². The quantitative estimate of drug-likeness (QED) is 0.806. The summed E-state index contributed by atoms with van der Waals surface area (Å²) < 4.78 is 40.2. The van der Waals surface area contributed by atoms with Gasteiger partial charge in [0.1, 0.15) is 11.9 Å². The average molecular weight is 381 g/mol. The number of hydrogen-bond acceptors (Lipinski definition) is 3. The molecule has 1 aliphatic rings. The SMILES string of the molecule is O=C(NC(CC(F)F)C(=O)O)c1nn(-c2cccc(F)c2)c2c1CCCC2. The first kappa shape index (κ1) is 18.9. The fraction of sp³-hybridized carbons (Fsp3) is 0.389. The molecular formula is C18H18F3N3O3. The largest absolute Gasteiger partial charge is 0.480 e. The maximum absolute atomic E-state index is 13.6. The van der Waals surface area contributed by atoms with Gasteiger partial charge in [0.15, 0.2) is 5.69 Å². The highest BCUT2D eigenvalue weighted by Crippen LogP contribution is 2.27. The van der Waals surface area contributed by atoms with Crippen LogP contribution in [0.3, 0.4) is 0 Å². The monoisotopic (exact) mass is 381 g/mol. The molecule has 1 unspecified atom stereocenters. The van der Waals surface area contributed by atoms with Gasteiger partial charge >= 0.3 is 5.97 Å². The van der Waals surface area contributed by atoms with Crippen LogP contribution in [-0.4, -0.2) is 39.2 Å². The number of hydrogen-bond donors (Lipinski definition) is 2. The molecule has 6 nitrogen and oxygen atoms in total. The number of carboxylic acids is 1. The summed E-state index contributed by atoms with van der Waals surface area (Å²) >= 11 is 0. The lowest BCUT2D eigenvalue weighted by Gasteiger charge is -2.15. The smallest absolute Gasteiger partial charge is 0.326 e. The number of alkyl halides is 2. The van der Waals surface area contributed by atoms with E-state index in [4.69, 9.17) is 5.11 Å². The number of amides is 1. The molecule has 1 amide bonds. The molecule has 27 heavy (non-hydrogen) atoms. The molecular weight excluding hydrogens is 363 g/mol. The minimum atomic E-state index is -2.87. The maximum atomic E-state index is 13.6. The number of aliphatic carboxylic acids is 1. The Morgan fingerprint density at radius 2 is 2.00 bits per heavy atom. The molecule has 0 saturated carbocycles. The molecule has 0 spiro atoms. The third-order valence-electron chi connectivity index (χ3n) is 4.47. The first-order chi connectivity index (χ1) is 12.9. The van der Waals surface area contributed by atoms with Gasteiger partial charge in [-0.25, -0.2) is 22.6 Å². The summed E-state index contributed by atoms with van der Waals surface area (Å²) in [7, 11) is 0. The van der Waals surface area contributed by atoms with Crippen LogP contribution in [0.25, 0.3) is 5.69 Å². The van der Waals surface area contributed by atoms with E-state index in [1.807, 2.05) is 0 Å². The average Bonchev–Trinajstić information content (AvgIpc) is 3.00. The molecule has 144 valence electrons. The predicted molar refractivity (Wildman–Crippen MR) is 89.7 cm³/mol. The van der Waals surface area contributed by atoms with E-state index in [-0.39, 0.29) is 5.69 Å². The Morgan fingerprint density at radius 1 is 1.26 bits per heavy atom. The fourth-order valence-corrected chi connectivity index (χ4v) is 3.23. The van der Waals surface area contributed by atoms with Gasteiger partial charge in [-0.1, -0.05) is 6.07 Å². The van der Waals surface area contributed by atoms with E-state index in [0.717, 1.165) is 18.5 Å². The van der Waals surface area contributed by atoms with E-state index in [9.17, 15) is 22.8 Å². The number of rotatable bonds is 6. The Hall–Kier alpha value is -2.84. The summed E-state index contributed by atoms with van der Waals surface area (Å²) in [6, 6.07) is 4.01.